The highest BCUT2D eigenvalue weighted by Gasteiger charge is 2.35. The van der Waals surface area contributed by atoms with Crippen LogP contribution in [0.1, 0.15) is 37.6 Å². The second-order valence-electron chi connectivity index (χ2n) is 6.78. The van der Waals surface area contributed by atoms with Gasteiger partial charge in [-0.2, -0.15) is 0 Å². The average molecular weight is 321 g/mol. The summed E-state index contributed by atoms with van der Waals surface area (Å²) in [7, 11) is 0. The Balaban J connectivity index is 1.77. The summed E-state index contributed by atoms with van der Waals surface area (Å²) in [6.07, 6.45) is 2.28. The minimum absolute atomic E-state index is 0.0852. The van der Waals surface area contributed by atoms with Crippen LogP contribution in [0, 0.1) is 5.92 Å². The molecule has 22 heavy (non-hydrogen) atoms. The molecule has 0 bridgehead atoms. The molecule has 0 saturated carbocycles. The zero-order valence-corrected chi connectivity index (χ0v) is 14.4. The quantitative estimate of drug-likeness (QED) is 0.928. The number of rotatable bonds is 3. The van der Waals surface area contributed by atoms with Gasteiger partial charge >= 0.3 is 0 Å². The van der Waals surface area contributed by atoms with E-state index in [0.29, 0.717) is 11.9 Å². The van der Waals surface area contributed by atoms with Crippen LogP contribution in [0.5, 0.6) is 0 Å². The van der Waals surface area contributed by atoms with Crippen LogP contribution in [-0.4, -0.2) is 54.5 Å². The highest BCUT2D eigenvalue weighted by molar-refractivity contribution is 7.10. The summed E-state index contributed by atoms with van der Waals surface area (Å²) < 4.78 is 0. The maximum Gasteiger partial charge on any atom is 0.245 e. The van der Waals surface area contributed by atoms with Crippen LogP contribution in [0.2, 0.25) is 0 Å². The van der Waals surface area contributed by atoms with Crippen LogP contribution in [0.4, 0.5) is 0 Å². The second-order valence-corrected chi connectivity index (χ2v) is 7.76. The van der Waals surface area contributed by atoms with Crippen molar-refractivity contribution in [3.05, 3.63) is 22.4 Å². The molecule has 0 radical (unpaired) electrons. The summed E-state index contributed by atoms with van der Waals surface area (Å²) in [4.78, 5) is 18.8. The minimum Gasteiger partial charge on any atom is -0.341 e. The number of likely N-dealkylation sites (tertiary alicyclic amines) is 1. The topological polar surface area (TPSA) is 35.6 Å². The predicted octanol–water partition coefficient (Wildman–Crippen LogP) is 2.34. The zero-order chi connectivity index (χ0) is 15.5. The molecule has 2 aliphatic heterocycles. The van der Waals surface area contributed by atoms with E-state index in [9.17, 15) is 4.79 Å². The fraction of sp³-hybridized carbons (Fsp3) is 0.706. The van der Waals surface area contributed by atoms with Gasteiger partial charge in [-0.1, -0.05) is 13.0 Å². The van der Waals surface area contributed by atoms with Gasteiger partial charge in [0.05, 0.1) is 0 Å². The van der Waals surface area contributed by atoms with Gasteiger partial charge in [0, 0.05) is 43.6 Å². The van der Waals surface area contributed by atoms with Crippen molar-refractivity contribution in [1.29, 1.82) is 0 Å². The first-order valence-corrected chi connectivity index (χ1v) is 9.32. The molecule has 122 valence electrons. The first-order valence-electron chi connectivity index (χ1n) is 8.45. The first kappa shape index (κ1) is 16.0. The molecule has 3 rings (SSSR count). The Labute approximate surface area is 137 Å². The minimum atomic E-state index is -0.0852. The van der Waals surface area contributed by atoms with Gasteiger partial charge in [-0.25, -0.2) is 0 Å². The molecule has 1 amide bonds. The van der Waals surface area contributed by atoms with E-state index in [-0.39, 0.29) is 6.04 Å². The molecule has 2 fully saturated rings. The van der Waals surface area contributed by atoms with Gasteiger partial charge in [0.15, 0.2) is 0 Å². The Morgan fingerprint density at radius 2 is 2.09 bits per heavy atom. The van der Waals surface area contributed by atoms with Gasteiger partial charge in [0.25, 0.3) is 0 Å². The van der Waals surface area contributed by atoms with E-state index < -0.39 is 0 Å². The fourth-order valence-electron chi connectivity index (χ4n) is 3.50. The molecule has 2 saturated heterocycles. The molecule has 1 aromatic rings. The number of nitrogens with zero attached hydrogens (tertiary/aromatic N) is 2. The van der Waals surface area contributed by atoms with Crippen LogP contribution in [0.25, 0.3) is 0 Å². The number of hydrogen-bond acceptors (Lipinski definition) is 4. The monoisotopic (exact) mass is 321 g/mol. The lowest BCUT2D eigenvalue weighted by Crippen LogP contribution is -2.54. The van der Waals surface area contributed by atoms with E-state index in [4.69, 9.17) is 0 Å². The molecular weight excluding hydrogens is 294 g/mol. The summed E-state index contributed by atoms with van der Waals surface area (Å²) in [5.74, 6) is 1.06. The van der Waals surface area contributed by atoms with Crippen molar-refractivity contribution in [3.63, 3.8) is 0 Å². The molecule has 2 atom stereocenters. The Kier molecular flexibility index (Phi) is 5.16. The number of carbonyl (C=O) groups excluding carboxylic acids is 1. The average Bonchev–Trinajstić information content (AvgIpc) is 3.02. The van der Waals surface area contributed by atoms with Crippen molar-refractivity contribution in [2.24, 2.45) is 5.92 Å². The zero-order valence-electron chi connectivity index (χ0n) is 13.6. The first-order chi connectivity index (χ1) is 10.6. The Morgan fingerprint density at radius 3 is 2.73 bits per heavy atom. The fourth-order valence-corrected chi connectivity index (χ4v) is 4.35. The van der Waals surface area contributed by atoms with E-state index in [2.05, 4.69) is 46.5 Å². The van der Waals surface area contributed by atoms with Gasteiger partial charge in [-0.3, -0.25) is 9.69 Å². The molecule has 5 heteroatoms. The van der Waals surface area contributed by atoms with Crippen molar-refractivity contribution in [1.82, 2.24) is 15.1 Å². The van der Waals surface area contributed by atoms with Crippen LogP contribution in [-0.2, 0) is 4.79 Å². The largest absolute Gasteiger partial charge is 0.341 e. The lowest BCUT2D eigenvalue weighted by atomic mass is 9.98. The lowest BCUT2D eigenvalue weighted by molar-refractivity contribution is -0.139. The van der Waals surface area contributed by atoms with Gasteiger partial charge in [0.2, 0.25) is 5.91 Å². The maximum atomic E-state index is 13.2. The highest BCUT2D eigenvalue weighted by atomic mass is 32.1. The van der Waals surface area contributed by atoms with E-state index in [0.717, 1.165) is 51.5 Å². The molecule has 1 aromatic heterocycles. The number of thiophene rings is 1. The molecule has 0 spiro atoms. The number of carbonyl (C=O) groups is 1. The molecule has 0 aromatic carbocycles. The van der Waals surface area contributed by atoms with Crippen molar-refractivity contribution >= 4 is 17.2 Å². The van der Waals surface area contributed by atoms with Crippen molar-refractivity contribution < 1.29 is 4.79 Å². The normalized spacial score (nSPS) is 26.1. The van der Waals surface area contributed by atoms with Crippen LogP contribution in [0.15, 0.2) is 17.5 Å². The van der Waals surface area contributed by atoms with E-state index in [1.54, 1.807) is 11.3 Å². The van der Waals surface area contributed by atoms with Gasteiger partial charge in [0.1, 0.15) is 6.04 Å². The third-order valence-corrected chi connectivity index (χ3v) is 5.83. The SMILES string of the molecule is CC1CCN(C(=O)C(c2cccs2)N2CCNC(C)C2)CC1. The number of amides is 1. The molecule has 0 aliphatic carbocycles. The van der Waals surface area contributed by atoms with Gasteiger partial charge in [-0.15, -0.1) is 11.3 Å². The van der Waals surface area contributed by atoms with Crippen molar-refractivity contribution in [2.75, 3.05) is 32.7 Å². The van der Waals surface area contributed by atoms with E-state index >= 15 is 0 Å². The molecule has 2 aliphatic rings. The molecular formula is C17H27N3OS. The third kappa shape index (κ3) is 3.53. The van der Waals surface area contributed by atoms with Crippen LogP contribution >= 0.6 is 11.3 Å². The standard InChI is InChI=1S/C17H27N3OS/c1-13-5-8-19(9-6-13)17(21)16(15-4-3-11-22-15)20-10-7-18-14(2)12-20/h3-4,11,13-14,16,18H,5-10,12H2,1-2H3. The Hall–Kier alpha value is -0.910. The summed E-state index contributed by atoms with van der Waals surface area (Å²) in [6, 6.07) is 4.54. The Morgan fingerprint density at radius 1 is 1.32 bits per heavy atom. The molecule has 2 unspecified atom stereocenters. The summed E-state index contributed by atoms with van der Waals surface area (Å²) in [5.41, 5.74) is 0. The second kappa shape index (κ2) is 7.11. The van der Waals surface area contributed by atoms with Gasteiger partial charge in [-0.05, 0) is 37.1 Å². The summed E-state index contributed by atoms with van der Waals surface area (Å²) in [6.45, 7) is 9.18. The molecule has 1 N–H and O–H groups in total. The van der Waals surface area contributed by atoms with E-state index in [1.807, 2.05) is 0 Å². The van der Waals surface area contributed by atoms with Crippen LogP contribution < -0.4 is 5.32 Å². The lowest BCUT2D eigenvalue weighted by Gasteiger charge is -2.40. The predicted molar refractivity (Wildman–Crippen MR) is 91.1 cm³/mol. The highest BCUT2D eigenvalue weighted by Crippen LogP contribution is 2.29. The Bertz CT molecular complexity index is 482. The smallest absolute Gasteiger partial charge is 0.245 e. The van der Waals surface area contributed by atoms with Crippen LogP contribution in [0.3, 0.4) is 0 Å². The van der Waals surface area contributed by atoms with Gasteiger partial charge < -0.3 is 10.2 Å². The van der Waals surface area contributed by atoms with Crippen molar-refractivity contribution in [2.45, 2.75) is 38.8 Å². The van der Waals surface area contributed by atoms with Crippen molar-refractivity contribution in [3.8, 4) is 0 Å². The number of piperidine rings is 1. The number of nitrogens with one attached hydrogen (secondary N) is 1. The summed E-state index contributed by atoms with van der Waals surface area (Å²) >= 11 is 1.71. The maximum absolute atomic E-state index is 13.2. The molecule has 3 heterocycles. The van der Waals surface area contributed by atoms with E-state index in [1.165, 1.54) is 4.88 Å². The number of piperazine rings is 1. The number of hydrogen-bond donors (Lipinski definition) is 1. The summed E-state index contributed by atoms with van der Waals surface area (Å²) in [5, 5.41) is 5.56. The third-order valence-electron chi connectivity index (χ3n) is 4.91. The molecule has 4 nitrogen and oxygen atoms in total.